The molecule has 0 radical (unpaired) electrons. The summed E-state index contributed by atoms with van der Waals surface area (Å²) in [4.78, 5) is 0. The first-order valence-electron chi connectivity index (χ1n) is 7.65. The molecule has 0 saturated carbocycles. The van der Waals surface area contributed by atoms with Crippen LogP contribution >= 0.6 is 0 Å². The minimum Gasteiger partial charge on any atom is -0.493 e. The van der Waals surface area contributed by atoms with Gasteiger partial charge in [-0.25, -0.2) is 0 Å². The topological polar surface area (TPSA) is 39.7 Å². The zero-order valence-electron chi connectivity index (χ0n) is 12.6. The van der Waals surface area contributed by atoms with Gasteiger partial charge < -0.3 is 19.5 Å². The second kappa shape index (κ2) is 5.54. The fourth-order valence-electron chi connectivity index (χ4n) is 3.02. The van der Waals surface area contributed by atoms with Gasteiger partial charge in [-0.05, 0) is 30.7 Å². The number of ether oxygens (including phenoxy) is 3. The van der Waals surface area contributed by atoms with Crippen molar-refractivity contribution in [2.75, 3.05) is 13.4 Å². The van der Waals surface area contributed by atoms with E-state index in [1.54, 1.807) is 0 Å². The van der Waals surface area contributed by atoms with Crippen molar-refractivity contribution in [2.24, 2.45) is 0 Å². The van der Waals surface area contributed by atoms with E-state index < -0.39 is 0 Å². The first-order valence-corrected chi connectivity index (χ1v) is 7.65. The van der Waals surface area contributed by atoms with Gasteiger partial charge in [-0.15, -0.1) is 0 Å². The molecule has 0 bridgehead atoms. The van der Waals surface area contributed by atoms with E-state index >= 15 is 0 Å². The molecule has 2 aliphatic rings. The minimum atomic E-state index is 0.318. The van der Waals surface area contributed by atoms with Crippen LogP contribution in [0, 0.1) is 6.92 Å². The summed E-state index contributed by atoms with van der Waals surface area (Å²) in [7, 11) is 0. The van der Waals surface area contributed by atoms with Gasteiger partial charge in [0, 0.05) is 24.6 Å². The van der Waals surface area contributed by atoms with Crippen molar-refractivity contribution in [2.45, 2.75) is 25.9 Å². The average Bonchev–Trinajstić information content (AvgIpc) is 3.00. The molecule has 4 heteroatoms. The van der Waals surface area contributed by atoms with Crippen LogP contribution in [0.1, 0.15) is 29.2 Å². The Morgan fingerprint density at radius 1 is 1.00 bits per heavy atom. The fourth-order valence-corrected chi connectivity index (χ4v) is 3.02. The van der Waals surface area contributed by atoms with Gasteiger partial charge in [0.1, 0.15) is 5.75 Å². The Hall–Kier alpha value is -2.20. The molecule has 0 spiro atoms. The summed E-state index contributed by atoms with van der Waals surface area (Å²) in [6, 6.07) is 12.8. The van der Waals surface area contributed by atoms with Crippen LogP contribution in [-0.4, -0.2) is 13.4 Å². The summed E-state index contributed by atoms with van der Waals surface area (Å²) in [5, 5.41) is 3.64. The zero-order chi connectivity index (χ0) is 14.9. The predicted octanol–water partition coefficient (Wildman–Crippen LogP) is 3.34. The normalized spacial score (nSPS) is 18.7. The van der Waals surface area contributed by atoms with Gasteiger partial charge in [0.2, 0.25) is 6.79 Å². The van der Waals surface area contributed by atoms with Crippen molar-refractivity contribution >= 4 is 0 Å². The van der Waals surface area contributed by atoms with Gasteiger partial charge in [0.25, 0.3) is 0 Å². The van der Waals surface area contributed by atoms with Crippen LogP contribution in [0.15, 0.2) is 36.4 Å². The Morgan fingerprint density at radius 2 is 1.86 bits per heavy atom. The first-order chi connectivity index (χ1) is 10.8. The monoisotopic (exact) mass is 297 g/mol. The quantitative estimate of drug-likeness (QED) is 0.943. The maximum absolute atomic E-state index is 5.74. The Kier molecular flexibility index (Phi) is 3.39. The van der Waals surface area contributed by atoms with E-state index in [0.717, 1.165) is 36.8 Å². The predicted molar refractivity (Wildman–Crippen MR) is 83.4 cm³/mol. The number of hydrogen-bond acceptors (Lipinski definition) is 4. The van der Waals surface area contributed by atoms with Crippen LogP contribution < -0.4 is 19.5 Å². The summed E-state index contributed by atoms with van der Waals surface area (Å²) < 4.78 is 16.5. The molecule has 114 valence electrons. The van der Waals surface area contributed by atoms with Crippen molar-refractivity contribution in [1.29, 1.82) is 0 Å². The lowest BCUT2D eigenvalue weighted by atomic mass is 9.98. The minimum absolute atomic E-state index is 0.318. The Labute approximate surface area is 130 Å². The largest absolute Gasteiger partial charge is 0.493 e. The molecule has 1 N–H and O–H groups in total. The Morgan fingerprint density at radius 3 is 2.82 bits per heavy atom. The van der Waals surface area contributed by atoms with Crippen LogP contribution in [0.25, 0.3) is 0 Å². The second-order valence-electron chi connectivity index (χ2n) is 5.80. The summed E-state index contributed by atoms with van der Waals surface area (Å²) in [5.74, 6) is 2.67. The summed E-state index contributed by atoms with van der Waals surface area (Å²) in [6.45, 7) is 3.99. The van der Waals surface area contributed by atoms with E-state index in [9.17, 15) is 0 Å². The number of fused-ring (bicyclic) bond motifs is 2. The third-order valence-electron chi connectivity index (χ3n) is 4.19. The van der Waals surface area contributed by atoms with Crippen LogP contribution in [0.3, 0.4) is 0 Å². The van der Waals surface area contributed by atoms with E-state index in [-0.39, 0.29) is 0 Å². The van der Waals surface area contributed by atoms with Crippen molar-refractivity contribution in [3.8, 4) is 17.2 Å². The Bertz CT molecular complexity index is 699. The van der Waals surface area contributed by atoms with E-state index in [1.807, 2.05) is 12.1 Å². The van der Waals surface area contributed by atoms with E-state index in [2.05, 4.69) is 36.5 Å². The van der Waals surface area contributed by atoms with Crippen molar-refractivity contribution in [1.82, 2.24) is 5.32 Å². The molecule has 0 amide bonds. The van der Waals surface area contributed by atoms with Gasteiger partial charge in [-0.1, -0.05) is 23.8 Å². The zero-order valence-corrected chi connectivity index (χ0v) is 12.6. The lowest BCUT2D eigenvalue weighted by Gasteiger charge is -2.27. The van der Waals surface area contributed by atoms with E-state index in [0.29, 0.717) is 12.8 Å². The molecule has 2 aromatic rings. The van der Waals surface area contributed by atoms with Gasteiger partial charge >= 0.3 is 0 Å². The second-order valence-corrected chi connectivity index (χ2v) is 5.80. The van der Waals surface area contributed by atoms with Gasteiger partial charge in [0.15, 0.2) is 11.5 Å². The third-order valence-corrected chi connectivity index (χ3v) is 4.19. The molecule has 0 fully saturated rings. The van der Waals surface area contributed by atoms with Crippen LogP contribution in [0.5, 0.6) is 17.2 Å². The molecule has 2 aliphatic heterocycles. The molecular weight excluding hydrogens is 278 g/mol. The molecule has 4 rings (SSSR count). The smallest absolute Gasteiger partial charge is 0.231 e. The lowest BCUT2D eigenvalue weighted by Crippen LogP contribution is -2.26. The van der Waals surface area contributed by atoms with E-state index in [1.165, 1.54) is 16.7 Å². The van der Waals surface area contributed by atoms with Crippen LogP contribution in [-0.2, 0) is 6.54 Å². The summed E-state index contributed by atoms with van der Waals surface area (Å²) in [6.07, 6.45) is 0.987. The molecule has 2 aromatic carbocycles. The molecule has 1 atom stereocenters. The molecule has 0 saturated heterocycles. The number of aryl methyl sites for hydroxylation is 1. The Balaban J connectivity index is 1.50. The lowest BCUT2D eigenvalue weighted by molar-refractivity contribution is 0.174. The highest BCUT2D eigenvalue weighted by Gasteiger charge is 2.21. The summed E-state index contributed by atoms with van der Waals surface area (Å²) >= 11 is 0. The van der Waals surface area contributed by atoms with Crippen molar-refractivity contribution < 1.29 is 14.2 Å². The van der Waals surface area contributed by atoms with Gasteiger partial charge in [-0.2, -0.15) is 0 Å². The average molecular weight is 297 g/mol. The molecular formula is C18H19NO3. The maximum Gasteiger partial charge on any atom is 0.231 e. The molecule has 22 heavy (non-hydrogen) atoms. The molecule has 1 unspecified atom stereocenters. The molecule has 0 aliphatic carbocycles. The number of hydrogen-bond donors (Lipinski definition) is 1. The van der Waals surface area contributed by atoms with Gasteiger partial charge in [-0.3, -0.25) is 0 Å². The van der Waals surface area contributed by atoms with Crippen LogP contribution in [0.2, 0.25) is 0 Å². The summed E-state index contributed by atoms with van der Waals surface area (Å²) in [5.41, 5.74) is 3.72. The highest BCUT2D eigenvalue weighted by Crippen LogP contribution is 2.34. The van der Waals surface area contributed by atoms with E-state index in [4.69, 9.17) is 14.2 Å². The molecule has 2 heterocycles. The highest BCUT2D eigenvalue weighted by atomic mass is 16.7. The highest BCUT2D eigenvalue weighted by molar-refractivity contribution is 5.45. The molecule has 4 nitrogen and oxygen atoms in total. The number of rotatable bonds is 3. The number of benzene rings is 2. The van der Waals surface area contributed by atoms with Gasteiger partial charge in [0.05, 0.1) is 6.61 Å². The first kappa shape index (κ1) is 13.5. The van der Waals surface area contributed by atoms with Crippen molar-refractivity contribution in [3.05, 3.63) is 53.1 Å². The SMILES string of the molecule is Cc1ccc2c(c1)C(NCc1ccc3c(c1)OCO3)CCO2. The maximum atomic E-state index is 5.74. The third kappa shape index (κ3) is 2.50. The fraction of sp³-hybridized carbons (Fsp3) is 0.333. The number of nitrogens with one attached hydrogen (secondary N) is 1. The standard InChI is InChI=1S/C18H19NO3/c1-12-2-4-16-14(8-12)15(6-7-20-16)19-10-13-3-5-17-18(9-13)22-11-21-17/h2-5,8-9,15,19H,6-7,10-11H2,1H3. The molecule has 0 aromatic heterocycles. The van der Waals surface area contributed by atoms with Crippen molar-refractivity contribution in [3.63, 3.8) is 0 Å². The van der Waals surface area contributed by atoms with Crippen LogP contribution in [0.4, 0.5) is 0 Å².